The van der Waals surface area contributed by atoms with E-state index in [9.17, 15) is 4.79 Å². The molecule has 1 heterocycles. The van der Waals surface area contributed by atoms with Gasteiger partial charge in [0.15, 0.2) is 0 Å². The Hall–Kier alpha value is -1.35. The number of hydrogen-bond donors (Lipinski definition) is 1. The van der Waals surface area contributed by atoms with Crippen LogP contribution in [0.2, 0.25) is 0 Å². The van der Waals surface area contributed by atoms with Crippen molar-refractivity contribution in [3.8, 4) is 0 Å². The van der Waals surface area contributed by atoms with Crippen molar-refractivity contribution < 1.29 is 4.79 Å². The highest BCUT2D eigenvalue weighted by atomic mass is 16.1. The van der Waals surface area contributed by atoms with Crippen LogP contribution in [0.25, 0.3) is 0 Å². The van der Waals surface area contributed by atoms with Gasteiger partial charge in [0, 0.05) is 17.6 Å². The highest BCUT2D eigenvalue weighted by Crippen LogP contribution is 2.44. The molecule has 1 aromatic rings. The number of rotatable bonds is 4. The van der Waals surface area contributed by atoms with E-state index in [1.807, 2.05) is 6.07 Å². The first-order valence-electron chi connectivity index (χ1n) is 7.41. The molecule has 1 saturated heterocycles. The molecule has 102 valence electrons. The summed E-state index contributed by atoms with van der Waals surface area (Å²) in [6, 6.07) is 7.01. The van der Waals surface area contributed by atoms with Crippen LogP contribution in [-0.4, -0.2) is 30.4 Å². The lowest BCUT2D eigenvalue weighted by Crippen LogP contribution is -2.35. The molecular weight excluding hydrogens is 236 g/mol. The fourth-order valence-corrected chi connectivity index (χ4v) is 3.96. The number of amides is 1. The highest BCUT2D eigenvalue weighted by Gasteiger charge is 2.39. The van der Waals surface area contributed by atoms with Crippen LogP contribution in [0, 0.1) is 0 Å². The van der Waals surface area contributed by atoms with Crippen LogP contribution in [0.1, 0.15) is 43.2 Å². The average Bonchev–Trinajstić information content (AvgIpc) is 2.83. The zero-order chi connectivity index (χ0) is 13.2. The normalized spacial score (nSPS) is 25.7. The summed E-state index contributed by atoms with van der Waals surface area (Å²) in [6.07, 6.45) is 5.67. The Morgan fingerprint density at radius 2 is 2.32 bits per heavy atom. The Labute approximate surface area is 115 Å². The van der Waals surface area contributed by atoms with Crippen molar-refractivity contribution in [3.63, 3.8) is 0 Å². The number of aryl methyl sites for hydroxylation is 1. The number of nitrogens with one attached hydrogen (secondary N) is 1. The Balaban J connectivity index is 1.94. The topological polar surface area (TPSA) is 32.3 Å². The fourth-order valence-electron chi connectivity index (χ4n) is 3.96. The van der Waals surface area contributed by atoms with Gasteiger partial charge in [-0.25, -0.2) is 0 Å². The van der Waals surface area contributed by atoms with Gasteiger partial charge in [0.2, 0.25) is 6.41 Å². The minimum Gasteiger partial charge on any atom is -0.328 e. The van der Waals surface area contributed by atoms with Gasteiger partial charge in [-0.05, 0) is 56.0 Å². The standard InChI is InChI=1S/C16H22N2O/c1-2-9-18-10-8-13-15(18)7-6-12-4-3-5-14(16(12)13)17-11-19/h3-5,11,13,15H,2,6-10H2,1H3,(H,17,19)/t13-,15-/m1/s1. The molecule has 1 N–H and O–H groups in total. The first kappa shape index (κ1) is 12.7. The number of fused-ring (bicyclic) bond motifs is 3. The number of carbonyl (C=O) groups excluding carboxylic acids is 1. The second-order valence-electron chi connectivity index (χ2n) is 5.68. The number of nitrogens with zero attached hydrogens (tertiary/aromatic N) is 1. The van der Waals surface area contributed by atoms with Gasteiger partial charge >= 0.3 is 0 Å². The van der Waals surface area contributed by atoms with Crippen molar-refractivity contribution >= 4 is 12.1 Å². The van der Waals surface area contributed by atoms with Gasteiger partial charge in [-0.3, -0.25) is 9.69 Å². The summed E-state index contributed by atoms with van der Waals surface area (Å²) in [4.78, 5) is 13.4. The lowest BCUT2D eigenvalue weighted by atomic mass is 9.78. The molecule has 0 spiro atoms. The molecule has 1 aromatic carbocycles. The number of anilines is 1. The molecule has 0 unspecified atom stereocenters. The molecule has 0 aromatic heterocycles. The monoisotopic (exact) mass is 258 g/mol. The van der Waals surface area contributed by atoms with E-state index in [4.69, 9.17) is 0 Å². The van der Waals surface area contributed by atoms with Gasteiger partial charge in [-0.15, -0.1) is 0 Å². The summed E-state index contributed by atoms with van der Waals surface area (Å²) in [7, 11) is 0. The maximum absolute atomic E-state index is 10.8. The summed E-state index contributed by atoms with van der Waals surface area (Å²) in [5.41, 5.74) is 3.87. The van der Waals surface area contributed by atoms with Crippen molar-refractivity contribution in [2.75, 3.05) is 18.4 Å². The van der Waals surface area contributed by atoms with Crippen molar-refractivity contribution in [2.24, 2.45) is 0 Å². The molecule has 0 saturated carbocycles. The number of hydrogen-bond acceptors (Lipinski definition) is 2. The van der Waals surface area contributed by atoms with Crippen molar-refractivity contribution in [3.05, 3.63) is 29.3 Å². The van der Waals surface area contributed by atoms with Gasteiger partial charge in [0.1, 0.15) is 0 Å². The fraction of sp³-hybridized carbons (Fsp3) is 0.562. The van der Waals surface area contributed by atoms with Gasteiger partial charge < -0.3 is 5.32 Å². The first-order valence-corrected chi connectivity index (χ1v) is 7.41. The Morgan fingerprint density at radius 1 is 1.42 bits per heavy atom. The van der Waals surface area contributed by atoms with Crippen LogP contribution in [-0.2, 0) is 11.2 Å². The summed E-state index contributed by atoms with van der Waals surface area (Å²) < 4.78 is 0. The minimum absolute atomic E-state index is 0.610. The summed E-state index contributed by atoms with van der Waals surface area (Å²) in [5, 5.41) is 2.90. The maximum Gasteiger partial charge on any atom is 0.211 e. The Kier molecular flexibility index (Phi) is 3.56. The second-order valence-corrected chi connectivity index (χ2v) is 5.68. The van der Waals surface area contributed by atoms with E-state index >= 15 is 0 Å². The average molecular weight is 258 g/mol. The van der Waals surface area contributed by atoms with E-state index in [-0.39, 0.29) is 0 Å². The van der Waals surface area contributed by atoms with Gasteiger partial charge in [-0.1, -0.05) is 19.1 Å². The van der Waals surface area contributed by atoms with E-state index < -0.39 is 0 Å². The first-order chi connectivity index (χ1) is 9.35. The highest BCUT2D eigenvalue weighted by molar-refractivity contribution is 5.75. The summed E-state index contributed by atoms with van der Waals surface area (Å²) in [5.74, 6) is 0.610. The predicted octanol–water partition coefficient (Wildman–Crippen LogP) is 2.77. The predicted molar refractivity (Wildman–Crippen MR) is 77.5 cm³/mol. The van der Waals surface area contributed by atoms with Crippen LogP contribution in [0.4, 0.5) is 5.69 Å². The zero-order valence-corrected chi connectivity index (χ0v) is 11.6. The Bertz CT molecular complexity index is 472. The van der Waals surface area contributed by atoms with Crippen LogP contribution in [0.15, 0.2) is 18.2 Å². The molecule has 1 aliphatic carbocycles. The number of carbonyl (C=O) groups is 1. The van der Waals surface area contributed by atoms with Crippen LogP contribution < -0.4 is 5.32 Å². The molecule has 1 fully saturated rings. The summed E-state index contributed by atoms with van der Waals surface area (Å²) >= 11 is 0. The molecule has 0 bridgehead atoms. The molecule has 1 amide bonds. The zero-order valence-electron chi connectivity index (χ0n) is 11.6. The lowest BCUT2D eigenvalue weighted by molar-refractivity contribution is -0.105. The molecule has 3 heteroatoms. The second kappa shape index (κ2) is 5.33. The van der Waals surface area contributed by atoms with Crippen molar-refractivity contribution in [1.29, 1.82) is 0 Å². The maximum atomic E-state index is 10.8. The molecule has 3 rings (SSSR count). The van der Waals surface area contributed by atoms with Crippen molar-refractivity contribution in [2.45, 2.75) is 44.6 Å². The van der Waals surface area contributed by atoms with Gasteiger partial charge in [0.25, 0.3) is 0 Å². The van der Waals surface area contributed by atoms with Crippen LogP contribution in [0.5, 0.6) is 0 Å². The lowest BCUT2D eigenvalue weighted by Gasteiger charge is -2.34. The minimum atomic E-state index is 0.610. The largest absolute Gasteiger partial charge is 0.328 e. The molecule has 3 nitrogen and oxygen atoms in total. The van der Waals surface area contributed by atoms with E-state index in [1.54, 1.807) is 0 Å². The molecule has 2 atom stereocenters. The van der Waals surface area contributed by atoms with Crippen molar-refractivity contribution in [1.82, 2.24) is 4.90 Å². The smallest absolute Gasteiger partial charge is 0.211 e. The third kappa shape index (κ3) is 2.16. The number of benzene rings is 1. The molecule has 19 heavy (non-hydrogen) atoms. The number of likely N-dealkylation sites (tertiary alicyclic amines) is 1. The van der Waals surface area contributed by atoms with Gasteiger partial charge in [-0.2, -0.15) is 0 Å². The summed E-state index contributed by atoms with van der Waals surface area (Å²) in [6.45, 7) is 4.67. The molecule has 0 radical (unpaired) electrons. The molecule has 1 aliphatic heterocycles. The third-order valence-electron chi connectivity index (χ3n) is 4.66. The third-order valence-corrected chi connectivity index (χ3v) is 4.66. The molecule has 2 aliphatic rings. The van der Waals surface area contributed by atoms with E-state index in [0.29, 0.717) is 12.0 Å². The van der Waals surface area contributed by atoms with Crippen LogP contribution in [0.3, 0.4) is 0 Å². The quantitative estimate of drug-likeness (QED) is 0.842. The van der Waals surface area contributed by atoms with E-state index in [0.717, 1.165) is 18.5 Å². The van der Waals surface area contributed by atoms with E-state index in [1.165, 1.54) is 43.5 Å². The molecular formula is C16H22N2O. The Morgan fingerprint density at radius 3 is 3.11 bits per heavy atom. The van der Waals surface area contributed by atoms with Crippen LogP contribution >= 0.6 is 0 Å². The SMILES string of the molecule is CCCN1CC[C@H]2c3c(cccc3NC=O)CC[C@H]21. The van der Waals surface area contributed by atoms with E-state index in [2.05, 4.69) is 29.3 Å². The van der Waals surface area contributed by atoms with Gasteiger partial charge in [0.05, 0.1) is 0 Å².